The molecule has 2 N–H and O–H groups in total. The number of hydrogen-bond acceptors (Lipinski definition) is 5. The van der Waals surface area contributed by atoms with Gasteiger partial charge in [-0.1, -0.05) is 18.2 Å². The van der Waals surface area contributed by atoms with Gasteiger partial charge in [0, 0.05) is 36.6 Å². The molecule has 3 heterocycles. The minimum atomic E-state index is -4.60. The molecule has 2 saturated heterocycles. The lowest BCUT2D eigenvalue weighted by Gasteiger charge is -2.39. The third kappa shape index (κ3) is 6.00. The first-order valence-electron chi connectivity index (χ1n) is 14.3. The third-order valence-corrected chi connectivity index (χ3v) is 7.93. The first-order valence-corrected chi connectivity index (χ1v) is 14.3. The lowest BCUT2D eigenvalue weighted by Crippen LogP contribution is -2.48. The molecule has 0 radical (unpaired) electrons. The largest absolute Gasteiger partial charge is 0.417 e. The molecule has 0 saturated carbocycles. The molecule has 0 spiro atoms. The number of nitrogens with zero attached hydrogens (tertiary/aromatic N) is 3. The second-order valence-corrected chi connectivity index (χ2v) is 11.7. The summed E-state index contributed by atoms with van der Waals surface area (Å²) in [4.78, 5) is 25.1. The van der Waals surface area contributed by atoms with Crippen molar-refractivity contribution in [3.8, 4) is 11.4 Å². The second kappa shape index (κ2) is 11.1. The normalized spacial score (nSPS) is 17.6. The molecule has 0 atom stereocenters. The molecule has 0 aliphatic carbocycles. The van der Waals surface area contributed by atoms with Crippen LogP contribution in [0.15, 0.2) is 60.7 Å². The molecular weight excluding hydrogens is 543 g/mol. The zero-order valence-corrected chi connectivity index (χ0v) is 23.7. The Morgan fingerprint density at radius 1 is 1.05 bits per heavy atom. The molecule has 10 heteroatoms. The molecule has 7 nitrogen and oxygen atoms in total. The summed E-state index contributed by atoms with van der Waals surface area (Å²) in [6, 6.07) is 17.0. The summed E-state index contributed by atoms with van der Waals surface area (Å²) in [5.41, 5.74) is 2.03. The number of ether oxygens (including phenoxy) is 1. The fraction of sp³-hybridized carbons (Fsp3) is 0.375. The molecule has 2 fully saturated rings. The summed E-state index contributed by atoms with van der Waals surface area (Å²) in [6.07, 6.45) is -2.15. The number of likely N-dealkylation sites (tertiary alicyclic amines) is 1. The van der Waals surface area contributed by atoms with Gasteiger partial charge in [0.25, 0.3) is 5.91 Å². The lowest BCUT2D eigenvalue weighted by atomic mass is 10.0. The number of alkyl halides is 3. The van der Waals surface area contributed by atoms with Gasteiger partial charge in [-0.05, 0) is 87.8 Å². The molecule has 0 unspecified atom stereocenters. The van der Waals surface area contributed by atoms with E-state index in [4.69, 9.17) is 4.74 Å². The van der Waals surface area contributed by atoms with Crippen LogP contribution in [0.3, 0.4) is 0 Å². The van der Waals surface area contributed by atoms with Crippen LogP contribution in [0, 0.1) is 0 Å². The monoisotopic (exact) mass is 577 g/mol. The number of carbonyl (C=O) groups is 1. The maximum Gasteiger partial charge on any atom is 0.417 e. The van der Waals surface area contributed by atoms with Crippen molar-refractivity contribution in [2.24, 2.45) is 0 Å². The van der Waals surface area contributed by atoms with Crippen LogP contribution in [-0.4, -0.2) is 59.2 Å². The fourth-order valence-electron chi connectivity index (χ4n) is 5.84. The van der Waals surface area contributed by atoms with E-state index in [0.29, 0.717) is 42.1 Å². The molecule has 42 heavy (non-hydrogen) atoms. The quantitative estimate of drug-likeness (QED) is 0.267. The zero-order valence-electron chi connectivity index (χ0n) is 23.7. The van der Waals surface area contributed by atoms with E-state index in [2.05, 4.69) is 20.2 Å². The average molecular weight is 578 g/mol. The number of amides is 1. The Kier molecular flexibility index (Phi) is 7.44. The molecule has 2 aliphatic heterocycles. The first kappa shape index (κ1) is 28.2. The number of H-pyrrole nitrogens is 1. The highest BCUT2D eigenvalue weighted by Crippen LogP contribution is 2.40. The van der Waals surface area contributed by atoms with Crippen LogP contribution in [0.4, 0.5) is 24.5 Å². The van der Waals surface area contributed by atoms with Crippen LogP contribution in [-0.2, 0) is 17.5 Å². The highest BCUT2D eigenvalue weighted by Gasteiger charge is 2.36. The number of carbonyl (C=O) groups excluding carboxylic acids is 1. The van der Waals surface area contributed by atoms with Gasteiger partial charge in [-0.15, -0.1) is 0 Å². The summed E-state index contributed by atoms with van der Waals surface area (Å²) in [6.45, 7) is 8.36. The first-order chi connectivity index (χ1) is 20.1. The van der Waals surface area contributed by atoms with E-state index in [9.17, 15) is 18.0 Å². The summed E-state index contributed by atoms with van der Waals surface area (Å²) in [7, 11) is 0. The van der Waals surface area contributed by atoms with Crippen molar-refractivity contribution >= 4 is 28.3 Å². The van der Waals surface area contributed by atoms with Crippen molar-refractivity contribution in [2.45, 2.75) is 45.0 Å². The lowest BCUT2D eigenvalue weighted by molar-refractivity contribution is -0.137. The van der Waals surface area contributed by atoms with E-state index < -0.39 is 17.3 Å². The second-order valence-electron chi connectivity index (χ2n) is 11.7. The molecule has 4 aromatic rings. The van der Waals surface area contributed by atoms with E-state index in [1.807, 2.05) is 43.0 Å². The van der Waals surface area contributed by atoms with Crippen LogP contribution < -0.4 is 10.2 Å². The fourth-order valence-corrected chi connectivity index (χ4v) is 5.84. The smallest absolute Gasteiger partial charge is 0.372 e. The molecule has 220 valence electrons. The third-order valence-electron chi connectivity index (χ3n) is 7.93. The summed E-state index contributed by atoms with van der Waals surface area (Å²) in [5.74, 6) is -0.329. The Morgan fingerprint density at radius 3 is 2.52 bits per heavy atom. The summed E-state index contributed by atoms with van der Waals surface area (Å²) >= 11 is 0. The number of hydrogen-bond donors (Lipinski definition) is 2. The molecule has 2 aliphatic rings. The standard InChI is InChI=1S/C32H34F3N5O2/c1-31(2)20-40(16-17-42-31)23-12-13-24(26(18-23)32(33,34)35)29-37-27-7-5-6-25(28(27)38-29)30(41)36-22-10-8-21(9-11-22)19-39-14-3-4-15-39/h5-13,18H,3-4,14-17,19-20H2,1-2H3,(H,36,41)(H,37,38). The number of aromatic nitrogens is 2. The summed E-state index contributed by atoms with van der Waals surface area (Å²) in [5, 5.41) is 2.90. The van der Waals surface area contributed by atoms with Crippen molar-refractivity contribution < 1.29 is 22.7 Å². The molecule has 1 amide bonds. The predicted octanol–water partition coefficient (Wildman–Crippen LogP) is 6.71. The average Bonchev–Trinajstić information content (AvgIpc) is 3.62. The molecular formula is C32H34F3N5O2. The summed E-state index contributed by atoms with van der Waals surface area (Å²) < 4.78 is 48.7. The minimum Gasteiger partial charge on any atom is -0.372 e. The van der Waals surface area contributed by atoms with Gasteiger partial charge in [-0.3, -0.25) is 9.69 Å². The van der Waals surface area contributed by atoms with E-state index >= 15 is 0 Å². The number of anilines is 2. The van der Waals surface area contributed by atoms with Gasteiger partial charge < -0.3 is 19.9 Å². The molecule has 0 bridgehead atoms. The SMILES string of the molecule is CC1(C)CN(c2ccc(-c3nc4c(C(=O)Nc5ccc(CN6CCCC6)cc5)cccc4[nH]3)c(C(F)(F)F)c2)CCO1. The van der Waals surface area contributed by atoms with Crippen LogP contribution in [0.5, 0.6) is 0 Å². The van der Waals surface area contributed by atoms with Gasteiger partial charge in [-0.2, -0.15) is 13.2 Å². The van der Waals surface area contributed by atoms with Crippen molar-refractivity contribution in [1.29, 1.82) is 0 Å². The highest BCUT2D eigenvalue weighted by atomic mass is 19.4. The Bertz CT molecular complexity index is 1590. The Balaban J connectivity index is 1.26. The molecule has 1 aromatic heterocycles. The predicted molar refractivity (Wildman–Crippen MR) is 158 cm³/mol. The molecule has 6 rings (SSSR count). The van der Waals surface area contributed by atoms with Crippen molar-refractivity contribution in [3.63, 3.8) is 0 Å². The van der Waals surface area contributed by atoms with Gasteiger partial charge >= 0.3 is 6.18 Å². The number of fused-ring (bicyclic) bond motifs is 1. The van der Waals surface area contributed by atoms with Crippen molar-refractivity contribution in [2.75, 3.05) is 43.0 Å². The number of benzene rings is 3. The number of imidazole rings is 1. The van der Waals surface area contributed by atoms with Gasteiger partial charge in [-0.25, -0.2) is 4.98 Å². The topological polar surface area (TPSA) is 73.5 Å². The maximum absolute atomic E-state index is 14.3. The number of para-hydroxylation sites is 1. The Hall–Kier alpha value is -3.89. The van der Waals surface area contributed by atoms with Crippen molar-refractivity contribution in [1.82, 2.24) is 14.9 Å². The Labute approximate surface area is 242 Å². The minimum absolute atomic E-state index is 0.0534. The number of morpholine rings is 1. The number of aromatic amines is 1. The van der Waals surface area contributed by atoms with Crippen LogP contribution in [0.25, 0.3) is 22.4 Å². The zero-order chi connectivity index (χ0) is 29.5. The Morgan fingerprint density at radius 2 is 1.81 bits per heavy atom. The van der Waals surface area contributed by atoms with E-state index in [1.54, 1.807) is 24.3 Å². The van der Waals surface area contributed by atoms with Gasteiger partial charge in [0.15, 0.2) is 0 Å². The van der Waals surface area contributed by atoms with E-state index in [0.717, 1.165) is 19.6 Å². The number of rotatable bonds is 6. The van der Waals surface area contributed by atoms with Crippen LogP contribution >= 0.6 is 0 Å². The van der Waals surface area contributed by atoms with E-state index in [-0.39, 0.29) is 22.9 Å². The van der Waals surface area contributed by atoms with Gasteiger partial charge in [0.1, 0.15) is 11.3 Å². The highest BCUT2D eigenvalue weighted by molar-refractivity contribution is 6.11. The van der Waals surface area contributed by atoms with Crippen LogP contribution in [0.2, 0.25) is 0 Å². The van der Waals surface area contributed by atoms with Crippen LogP contribution in [0.1, 0.15) is 48.2 Å². The van der Waals surface area contributed by atoms with Gasteiger partial charge in [0.05, 0.1) is 28.9 Å². The maximum atomic E-state index is 14.3. The number of nitrogens with one attached hydrogen (secondary N) is 2. The van der Waals surface area contributed by atoms with E-state index in [1.165, 1.54) is 30.5 Å². The molecule has 3 aromatic carbocycles. The number of halogens is 3. The van der Waals surface area contributed by atoms with Crippen molar-refractivity contribution in [3.05, 3.63) is 77.4 Å². The van der Waals surface area contributed by atoms with Gasteiger partial charge in [0.2, 0.25) is 0 Å².